The van der Waals surface area contributed by atoms with Crippen LogP contribution in [0, 0.1) is 0 Å². The van der Waals surface area contributed by atoms with Crippen molar-refractivity contribution in [3.63, 3.8) is 0 Å². The molecule has 1 aromatic rings. The molecule has 0 heterocycles. The molecule has 0 aliphatic carbocycles. The van der Waals surface area contributed by atoms with E-state index in [2.05, 4.69) is 21.2 Å². The third kappa shape index (κ3) is 6.16. The molecule has 6 heteroatoms. The number of carbonyl (C=O) groups is 1. The lowest BCUT2D eigenvalue weighted by atomic mass is 10.2. The van der Waals surface area contributed by atoms with Crippen LogP contribution >= 0.6 is 27.5 Å². The molecule has 0 spiro atoms. The zero-order valence-corrected chi connectivity index (χ0v) is 13.5. The van der Waals surface area contributed by atoms with Gasteiger partial charge in [-0.15, -0.1) is 0 Å². The van der Waals surface area contributed by atoms with Gasteiger partial charge in [0.1, 0.15) is 11.4 Å². The Labute approximate surface area is 126 Å². The third-order valence-corrected chi connectivity index (χ3v) is 2.47. The number of hydrogen-bond acceptors (Lipinski definition) is 3. The number of halogens is 2. The lowest BCUT2D eigenvalue weighted by molar-refractivity contribution is 0.0635. The largest absolute Gasteiger partial charge is 0.491 e. The first-order valence-electron chi connectivity index (χ1n) is 5.80. The van der Waals surface area contributed by atoms with E-state index in [1.54, 1.807) is 39.0 Å². The van der Waals surface area contributed by atoms with Crippen LogP contribution in [0.2, 0.25) is 5.02 Å². The summed E-state index contributed by atoms with van der Waals surface area (Å²) < 4.78 is 10.7. The Hall–Kier alpha value is -0.940. The number of rotatable bonds is 4. The van der Waals surface area contributed by atoms with Gasteiger partial charge in [0.15, 0.2) is 0 Å². The van der Waals surface area contributed by atoms with E-state index in [1.807, 2.05) is 0 Å². The number of hydrogen-bond donors (Lipinski definition) is 1. The normalized spacial score (nSPS) is 11.0. The van der Waals surface area contributed by atoms with Crippen molar-refractivity contribution < 1.29 is 14.3 Å². The predicted octanol–water partition coefficient (Wildman–Crippen LogP) is 4.46. The van der Waals surface area contributed by atoms with E-state index < -0.39 is 11.7 Å². The molecule has 0 atom stereocenters. The molecule has 19 heavy (non-hydrogen) atoms. The fraction of sp³-hybridized carbons (Fsp3) is 0.462. The molecule has 0 aliphatic rings. The molecule has 0 saturated carbocycles. The van der Waals surface area contributed by atoms with Crippen molar-refractivity contribution in [1.29, 1.82) is 0 Å². The highest BCUT2D eigenvalue weighted by Crippen LogP contribution is 2.28. The van der Waals surface area contributed by atoms with Gasteiger partial charge in [-0.1, -0.05) is 27.5 Å². The zero-order valence-electron chi connectivity index (χ0n) is 11.1. The van der Waals surface area contributed by atoms with Gasteiger partial charge in [0.05, 0.1) is 12.3 Å². The molecule has 106 valence electrons. The molecule has 0 saturated heterocycles. The quantitative estimate of drug-likeness (QED) is 0.816. The summed E-state index contributed by atoms with van der Waals surface area (Å²) in [5.41, 5.74) is -0.0674. The average Bonchev–Trinajstić information content (AvgIpc) is 2.25. The van der Waals surface area contributed by atoms with Crippen LogP contribution in [0.15, 0.2) is 18.2 Å². The van der Waals surface area contributed by atoms with E-state index in [0.29, 0.717) is 28.4 Å². The van der Waals surface area contributed by atoms with Crippen molar-refractivity contribution in [1.82, 2.24) is 0 Å². The molecule has 0 bridgehead atoms. The van der Waals surface area contributed by atoms with Crippen LogP contribution < -0.4 is 10.1 Å². The van der Waals surface area contributed by atoms with Crippen molar-refractivity contribution in [3.05, 3.63) is 23.2 Å². The Morgan fingerprint density at radius 3 is 2.68 bits per heavy atom. The first kappa shape index (κ1) is 16.1. The van der Waals surface area contributed by atoms with E-state index in [0.717, 1.165) is 0 Å². The number of anilines is 1. The second-order valence-electron chi connectivity index (χ2n) is 4.80. The molecular formula is C13H17BrClNO3. The predicted molar refractivity (Wildman–Crippen MR) is 80.6 cm³/mol. The highest BCUT2D eigenvalue weighted by molar-refractivity contribution is 9.09. The Morgan fingerprint density at radius 2 is 2.11 bits per heavy atom. The number of benzene rings is 1. The second-order valence-corrected chi connectivity index (χ2v) is 6.03. The van der Waals surface area contributed by atoms with Gasteiger partial charge in [-0.3, -0.25) is 5.32 Å². The molecule has 1 amide bonds. The van der Waals surface area contributed by atoms with Gasteiger partial charge in [-0.25, -0.2) is 4.79 Å². The number of nitrogens with one attached hydrogen (secondary N) is 1. The van der Waals surface area contributed by atoms with Gasteiger partial charge >= 0.3 is 6.09 Å². The first-order valence-corrected chi connectivity index (χ1v) is 7.30. The van der Waals surface area contributed by atoms with E-state index >= 15 is 0 Å². The summed E-state index contributed by atoms with van der Waals surface area (Å²) in [5, 5.41) is 3.84. The first-order chi connectivity index (χ1) is 8.81. The van der Waals surface area contributed by atoms with Gasteiger partial charge in [0.2, 0.25) is 0 Å². The highest BCUT2D eigenvalue weighted by atomic mass is 79.9. The van der Waals surface area contributed by atoms with Crippen LogP contribution in [0.5, 0.6) is 5.75 Å². The molecule has 1 aromatic carbocycles. The summed E-state index contributed by atoms with van der Waals surface area (Å²) in [6, 6.07) is 5.03. The number of ether oxygens (including phenoxy) is 2. The Bertz CT molecular complexity index is 446. The Morgan fingerprint density at radius 1 is 1.42 bits per heavy atom. The topological polar surface area (TPSA) is 47.6 Å². The molecule has 4 nitrogen and oxygen atoms in total. The van der Waals surface area contributed by atoms with Crippen LogP contribution in [-0.4, -0.2) is 23.6 Å². The molecular weight excluding hydrogens is 334 g/mol. The van der Waals surface area contributed by atoms with Crippen molar-refractivity contribution in [2.24, 2.45) is 0 Å². The van der Waals surface area contributed by atoms with E-state index in [9.17, 15) is 4.79 Å². The fourth-order valence-electron chi connectivity index (χ4n) is 1.29. The standard InChI is InChI=1S/C13H17BrClNO3/c1-13(2,3)19-12(17)16-10-8-9(15)4-5-11(10)18-7-6-14/h4-5,8H,6-7H2,1-3H3,(H,16,17). The van der Waals surface area contributed by atoms with Crippen molar-refractivity contribution in [3.8, 4) is 5.75 Å². The summed E-state index contributed by atoms with van der Waals surface area (Å²) in [6.07, 6.45) is -0.543. The zero-order chi connectivity index (χ0) is 14.5. The van der Waals surface area contributed by atoms with E-state index in [4.69, 9.17) is 21.1 Å². The molecule has 0 unspecified atom stereocenters. The highest BCUT2D eigenvalue weighted by Gasteiger charge is 2.17. The maximum absolute atomic E-state index is 11.7. The van der Waals surface area contributed by atoms with Gasteiger partial charge in [0, 0.05) is 10.4 Å². The maximum atomic E-state index is 11.7. The van der Waals surface area contributed by atoms with Gasteiger partial charge in [-0.2, -0.15) is 0 Å². The summed E-state index contributed by atoms with van der Waals surface area (Å²) in [7, 11) is 0. The van der Waals surface area contributed by atoms with Gasteiger partial charge in [-0.05, 0) is 39.0 Å². The summed E-state index contributed by atoms with van der Waals surface area (Å²) in [4.78, 5) is 11.7. The van der Waals surface area contributed by atoms with Gasteiger partial charge in [0.25, 0.3) is 0 Å². The van der Waals surface area contributed by atoms with Crippen LogP contribution in [0.25, 0.3) is 0 Å². The lowest BCUT2D eigenvalue weighted by Crippen LogP contribution is -2.27. The van der Waals surface area contributed by atoms with Crippen molar-refractivity contribution in [2.45, 2.75) is 26.4 Å². The third-order valence-electron chi connectivity index (χ3n) is 1.91. The van der Waals surface area contributed by atoms with Crippen LogP contribution in [-0.2, 0) is 4.74 Å². The van der Waals surface area contributed by atoms with E-state index in [1.165, 1.54) is 0 Å². The van der Waals surface area contributed by atoms with Gasteiger partial charge < -0.3 is 9.47 Å². The van der Waals surface area contributed by atoms with E-state index in [-0.39, 0.29) is 0 Å². The molecule has 1 rings (SSSR count). The minimum atomic E-state index is -0.556. The number of alkyl halides is 1. The lowest BCUT2D eigenvalue weighted by Gasteiger charge is -2.20. The van der Waals surface area contributed by atoms with Crippen LogP contribution in [0.1, 0.15) is 20.8 Å². The SMILES string of the molecule is CC(C)(C)OC(=O)Nc1cc(Cl)ccc1OCCBr. The smallest absolute Gasteiger partial charge is 0.412 e. The monoisotopic (exact) mass is 349 g/mol. The minimum Gasteiger partial charge on any atom is -0.491 e. The molecule has 0 fully saturated rings. The summed E-state index contributed by atoms with van der Waals surface area (Å²) in [6.45, 7) is 5.89. The van der Waals surface area contributed by atoms with Crippen molar-refractivity contribution in [2.75, 3.05) is 17.3 Å². The second kappa shape index (κ2) is 7.01. The summed E-state index contributed by atoms with van der Waals surface area (Å²) in [5.74, 6) is 0.551. The molecule has 0 aromatic heterocycles. The number of amides is 1. The number of carbonyl (C=O) groups excluding carboxylic acids is 1. The molecule has 0 aliphatic heterocycles. The van der Waals surface area contributed by atoms with Crippen molar-refractivity contribution >= 4 is 39.3 Å². The average molecular weight is 351 g/mol. The van der Waals surface area contributed by atoms with Crippen LogP contribution in [0.4, 0.5) is 10.5 Å². The van der Waals surface area contributed by atoms with Crippen LogP contribution in [0.3, 0.4) is 0 Å². The minimum absolute atomic E-state index is 0.489. The Balaban J connectivity index is 2.80. The summed E-state index contributed by atoms with van der Waals surface area (Å²) >= 11 is 9.18. The molecule has 0 radical (unpaired) electrons. The maximum Gasteiger partial charge on any atom is 0.412 e. The Kier molecular flexibility index (Phi) is 5.94. The molecule has 1 N–H and O–H groups in total. The fourth-order valence-corrected chi connectivity index (χ4v) is 1.62.